The van der Waals surface area contributed by atoms with Crippen LogP contribution in [0.4, 0.5) is 5.69 Å². The van der Waals surface area contributed by atoms with Crippen molar-refractivity contribution in [2.45, 2.75) is 6.04 Å². The zero-order chi connectivity index (χ0) is 21.8. The summed E-state index contributed by atoms with van der Waals surface area (Å²) in [6, 6.07) is 15.6. The number of aryl methyl sites for hydroxylation is 1. The Morgan fingerprint density at radius 3 is 2.52 bits per heavy atom. The van der Waals surface area contributed by atoms with E-state index in [0.717, 1.165) is 16.5 Å². The van der Waals surface area contributed by atoms with Crippen molar-refractivity contribution in [2.24, 2.45) is 7.05 Å². The maximum atomic E-state index is 12.7. The number of ether oxygens (including phenoxy) is 1. The van der Waals surface area contributed by atoms with Gasteiger partial charge in [0.05, 0.1) is 12.6 Å². The van der Waals surface area contributed by atoms with Gasteiger partial charge in [0.1, 0.15) is 17.6 Å². The quantitative estimate of drug-likeness (QED) is 0.489. The number of methoxy groups -OCH3 is 1. The number of hydrogen-bond acceptors (Lipinski definition) is 5. The number of aromatic nitrogens is 3. The van der Waals surface area contributed by atoms with Crippen LogP contribution >= 0.6 is 0 Å². The summed E-state index contributed by atoms with van der Waals surface area (Å²) in [5.74, 6) is -0.244. The van der Waals surface area contributed by atoms with Crippen molar-refractivity contribution in [2.75, 3.05) is 12.4 Å². The number of nitrogens with zero attached hydrogens (tertiary/aromatic N) is 3. The Morgan fingerprint density at radius 2 is 1.81 bits per heavy atom. The number of imidazole rings is 1. The summed E-state index contributed by atoms with van der Waals surface area (Å²) in [7, 11) is 3.41. The van der Waals surface area contributed by atoms with Crippen LogP contribution in [-0.4, -0.2) is 33.5 Å². The largest absolute Gasteiger partial charge is 0.497 e. The van der Waals surface area contributed by atoms with Crippen LogP contribution < -0.4 is 15.4 Å². The number of pyridine rings is 1. The van der Waals surface area contributed by atoms with E-state index in [1.807, 2.05) is 31.3 Å². The molecule has 8 heteroatoms. The number of rotatable bonds is 5. The summed E-state index contributed by atoms with van der Waals surface area (Å²) < 4.78 is 7.00. The first-order valence-electron chi connectivity index (χ1n) is 9.63. The molecule has 1 unspecified atom stereocenters. The van der Waals surface area contributed by atoms with Gasteiger partial charge in [-0.2, -0.15) is 0 Å². The number of nitrogens with one attached hydrogen (secondary N) is 2. The molecule has 0 aliphatic rings. The SMILES string of the molecule is COc1ccc(C(NC(=O)C(=O)Nc2ccc3ncccc3c2)c2nccn2C)cc1. The fourth-order valence-electron chi connectivity index (χ4n) is 3.29. The van der Waals surface area contributed by atoms with Gasteiger partial charge in [0.25, 0.3) is 0 Å². The lowest BCUT2D eigenvalue weighted by Crippen LogP contribution is -2.39. The number of carbonyl (C=O) groups is 2. The van der Waals surface area contributed by atoms with E-state index in [0.29, 0.717) is 17.3 Å². The molecular formula is C23H21N5O3. The third-order valence-corrected chi connectivity index (χ3v) is 4.91. The van der Waals surface area contributed by atoms with E-state index in [9.17, 15) is 9.59 Å². The Bertz CT molecular complexity index is 1230. The number of fused-ring (bicyclic) bond motifs is 1. The highest BCUT2D eigenvalue weighted by atomic mass is 16.5. The van der Waals surface area contributed by atoms with E-state index in [1.165, 1.54) is 0 Å². The highest BCUT2D eigenvalue weighted by molar-refractivity contribution is 6.39. The molecule has 0 spiro atoms. The van der Waals surface area contributed by atoms with Crippen LogP contribution in [-0.2, 0) is 16.6 Å². The summed E-state index contributed by atoms with van der Waals surface area (Å²) in [5, 5.41) is 6.29. The Balaban J connectivity index is 1.54. The minimum absolute atomic E-state index is 0.513. The lowest BCUT2D eigenvalue weighted by atomic mass is 10.1. The molecule has 0 saturated carbocycles. The first-order valence-corrected chi connectivity index (χ1v) is 9.63. The summed E-state index contributed by atoms with van der Waals surface area (Å²) in [6.45, 7) is 0. The molecule has 2 amide bonds. The zero-order valence-electron chi connectivity index (χ0n) is 17.1. The molecular weight excluding hydrogens is 394 g/mol. The minimum atomic E-state index is -0.768. The normalized spacial score (nSPS) is 11.7. The number of anilines is 1. The summed E-state index contributed by atoms with van der Waals surface area (Å²) in [4.78, 5) is 33.9. The Kier molecular flexibility index (Phi) is 5.61. The van der Waals surface area contributed by atoms with Gasteiger partial charge < -0.3 is 19.9 Å². The van der Waals surface area contributed by atoms with Gasteiger partial charge in [0.15, 0.2) is 0 Å². The topological polar surface area (TPSA) is 98.1 Å². The van der Waals surface area contributed by atoms with Crippen LogP contribution in [0.3, 0.4) is 0 Å². The summed E-state index contributed by atoms with van der Waals surface area (Å²) in [5.41, 5.74) is 2.09. The molecule has 31 heavy (non-hydrogen) atoms. The van der Waals surface area contributed by atoms with Crippen molar-refractivity contribution in [1.29, 1.82) is 0 Å². The molecule has 4 rings (SSSR count). The van der Waals surface area contributed by atoms with Gasteiger partial charge in [0, 0.05) is 36.7 Å². The predicted octanol–water partition coefficient (Wildman–Crippen LogP) is 2.82. The van der Waals surface area contributed by atoms with Crippen LogP contribution in [0.1, 0.15) is 17.4 Å². The standard InChI is InChI=1S/C23H21N5O3/c1-28-13-12-25-21(28)20(15-5-8-18(31-2)9-6-15)27-23(30)22(29)26-17-7-10-19-16(14-17)4-3-11-24-19/h3-14,20H,1-2H3,(H,26,29)(H,27,30). The molecule has 0 aliphatic heterocycles. The van der Waals surface area contributed by atoms with E-state index in [1.54, 1.807) is 60.6 Å². The van der Waals surface area contributed by atoms with Crippen molar-refractivity contribution < 1.29 is 14.3 Å². The summed E-state index contributed by atoms with van der Waals surface area (Å²) in [6.07, 6.45) is 5.12. The van der Waals surface area contributed by atoms with Gasteiger partial charge in [0.2, 0.25) is 0 Å². The number of benzene rings is 2. The summed E-state index contributed by atoms with van der Waals surface area (Å²) >= 11 is 0. The third-order valence-electron chi connectivity index (χ3n) is 4.91. The molecule has 0 fully saturated rings. The van der Waals surface area contributed by atoms with Crippen molar-refractivity contribution in [3.63, 3.8) is 0 Å². The molecule has 0 bridgehead atoms. The molecule has 2 heterocycles. The second-order valence-corrected chi connectivity index (χ2v) is 6.94. The van der Waals surface area contributed by atoms with Gasteiger partial charge in [-0.3, -0.25) is 14.6 Å². The van der Waals surface area contributed by atoms with Crippen LogP contribution in [0.15, 0.2) is 73.2 Å². The van der Waals surface area contributed by atoms with Crippen LogP contribution in [0.5, 0.6) is 5.75 Å². The lowest BCUT2D eigenvalue weighted by molar-refractivity contribution is -0.136. The maximum Gasteiger partial charge on any atom is 0.313 e. The van der Waals surface area contributed by atoms with E-state index >= 15 is 0 Å². The van der Waals surface area contributed by atoms with Gasteiger partial charge in [-0.15, -0.1) is 0 Å². The van der Waals surface area contributed by atoms with Gasteiger partial charge >= 0.3 is 11.8 Å². The van der Waals surface area contributed by atoms with Gasteiger partial charge in [-0.05, 0) is 42.0 Å². The average molecular weight is 415 g/mol. The first-order chi connectivity index (χ1) is 15.0. The monoisotopic (exact) mass is 415 g/mol. The molecule has 4 aromatic rings. The van der Waals surface area contributed by atoms with E-state index in [2.05, 4.69) is 20.6 Å². The van der Waals surface area contributed by atoms with Crippen LogP contribution in [0.2, 0.25) is 0 Å². The lowest BCUT2D eigenvalue weighted by Gasteiger charge is -2.19. The van der Waals surface area contributed by atoms with E-state index in [-0.39, 0.29) is 0 Å². The maximum absolute atomic E-state index is 12.7. The molecule has 0 saturated heterocycles. The Hall–Kier alpha value is -4.20. The number of carbonyl (C=O) groups excluding carboxylic acids is 2. The van der Waals surface area contributed by atoms with Crippen molar-refractivity contribution in [3.8, 4) is 5.75 Å². The van der Waals surface area contributed by atoms with Crippen molar-refractivity contribution in [3.05, 3.63) is 84.6 Å². The smallest absolute Gasteiger partial charge is 0.313 e. The van der Waals surface area contributed by atoms with E-state index in [4.69, 9.17) is 4.74 Å². The van der Waals surface area contributed by atoms with Crippen molar-refractivity contribution >= 4 is 28.4 Å². The molecule has 156 valence electrons. The van der Waals surface area contributed by atoms with Crippen LogP contribution in [0.25, 0.3) is 10.9 Å². The second kappa shape index (κ2) is 8.66. The Morgan fingerprint density at radius 1 is 1.00 bits per heavy atom. The van der Waals surface area contributed by atoms with Crippen molar-refractivity contribution in [1.82, 2.24) is 19.9 Å². The van der Waals surface area contributed by atoms with Gasteiger partial charge in [-0.1, -0.05) is 18.2 Å². The minimum Gasteiger partial charge on any atom is -0.497 e. The highest BCUT2D eigenvalue weighted by Gasteiger charge is 2.24. The van der Waals surface area contributed by atoms with Crippen LogP contribution in [0, 0.1) is 0 Å². The molecule has 2 aromatic carbocycles. The molecule has 8 nitrogen and oxygen atoms in total. The fraction of sp³-hybridized carbons (Fsp3) is 0.130. The molecule has 0 radical (unpaired) electrons. The average Bonchev–Trinajstić information content (AvgIpc) is 3.22. The first kappa shape index (κ1) is 20.1. The zero-order valence-corrected chi connectivity index (χ0v) is 17.1. The predicted molar refractivity (Wildman–Crippen MR) is 117 cm³/mol. The fourth-order valence-corrected chi connectivity index (χ4v) is 3.29. The second-order valence-electron chi connectivity index (χ2n) is 6.94. The number of amides is 2. The highest BCUT2D eigenvalue weighted by Crippen LogP contribution is 2.23. The van der Waals surface area contributed by atoms with E-state index < -0.39 is 17.9 Å². The molecule has 0 aliphatic carbocycles. The molecule has 1 atom stereocenters. The number of hydrogen-bond donors (Lipinski definition) is 2. The molecule has 2 aromatic heterocycles. The van der Waals surface area contributed by atoms with Gasteiger partial charge in [-0.25, -0.2) is 4.98 Å². The Labute approximate surface area is 178 Å². The molecule has 2 N–H and O–H groups in total. The third kappa shape index (κ3) is 4.37.